The van der Waals surface area contributed by atoms with Crippen molar-refractivity contribution in [3.05, 3.63) is 75.8 Å². The van der Waals surface area contributed by atoms with Gasteiger partial charge in [0.15, 0.2) is 0 Å². The van der Waals surface area contributed by atoms with Crippen LogP contribution in [0.25, 0.3) is 6.08 Å². The van der Waals surface area contributed by atoms with Gasteiger partial charge in [0.05, 0.1) is 6.10 Å². The molecule has 0 saturated heterocycles. The second-order valence-corrected chi connectivity index (χ2v) is 5.84. The van der Waals surface area contributed by atoms with Crippen molar-refractivity contribution in [1.29, 1.82) is 0 Å². The SMILES string of the molecule is O[C@@H]1c2ccccc2C=C[C@@H]1Cc1ccc(Br)cc1. The van der Waals surface area contributed by atoms with Gasteiger partial charge < -0.3 is 5.11 Å². The molecule has 1 aliphatic rings. The molecule has 19 heavy (non-hydrogen) atoms. The third kappa shape index (κ3) is 2.65. The summed E-state index contributed by atoms with van der Waals surface area (Å²) in [6.07, 6.45) is 4.68. The number of rotatable bonds is 2. The molecular weight excluding hydrogens is 300 g/mol. The molecule has 0 saturated carbocycles. The third-order valence-electron chi connectivity index (χ3n) is 3.63. The van der Waals surface area contributed by atoms with Crippen molar-refractivity contribution in [3.8, 4) is 0 Å². The van der Waals surface area contributed by atoms with E-state index in [2.05, 4.69) is 40.2 Å². The van der Waals surface area contributed by atoms with Gasteiger partial charge >= 0.3 is 0 Å². The second-order valence-electron chi connectivity index (χ2n) is 4.93. The van der Waals surface area contributed by atoms with Crippen LogP contribution in [0.15, 0.2) is 59.1 Å². The summed E-state index contributed by atoms with van der Waals surface area (Å²) in [6, 6.07) is 16.3. The molecule has 0 amide bonds. The Labute approximate surface area is 121 Å². The molecule has 2 heteroatoms. The van der Waals surface area contributed by atoms with E-state index in [4.69, 9.17) is 0 Å². The number of hydrogen-bond donors (Lipinski definition) is 1. The Morgan fingerprint density at radius 1 is 1.00 bits per heavy atom. The normalized spacial score (nSPS) is 21.2. The number of aliphatic hydroxyl groups is 1. The summed E-state index contributed by atoms with van der Waals surface area (Å²) < 4.78 is 1.08. The zero-order valence-corrected chi connectivity index (χ0v) is 12.0. The van der Waals surface area contributed by atoms with Gasteiger partial charge in [-0.05, 0) is 35.2 Å². The molecule has 1 nitrogen and oxygen atoms in total. The Balaban J connectivity index is 1.83. The van der Waals surface area contributed by atoms with Gasteiger partial charge in [0.25, 0.3) is 0 Å². The number of halogens is 1. The van der Waals surface area contributed by atoms with Gasteiger partial charge in [0.2, 0.25) is 0 Å². The lowest BCUT2D eigenvalue weighted by Gasteiger charge is -2.25. The number of fused-ring (bicyclic) bond motifs is 1. The van der Waals surface area contributed by atoms with E-state index in [1.54, 1.807) is 0 Å². The third-order valence-corrected chi connectivity index (χ3v) is 4.16. The van der Waals surface area contributed by atoms with Crippen LogP contribution in [-0.4, -0.2) is 5.11 Å². The van der Waals surface area contributed by atoms with Crippen molar-refractivity contribution < 1.29 is 5.11 Å². The molecule has 3 rings (SSSR count). The molecule has 96 valence electrons. The van der Waals surface area contributed by atoms with E-state index in [0.29, 0.717) is 0 Å². The van der Waals surface area contributed by atoms with Crippen LogP contribution in [0.4, 0.5) is 0 Å². The zero-order valence-electron chi connectivity index (χ0n) is 10.5. The van der Waals surface area contributed by atoms with Gasteiger partial charge in [0.1, 0.15) is 0 Å². The minimum Gasteiger partial charge on any atom is -0.388 e. The smallest absolute Gasteiger partial charge is 0.0861 e. The number of benzene rings is 2. The van der Waals surface area contributed by atoms with E-state index in [0.717, 1.165) is 22.0 Å². The topological polar surface area (TPSA) is 20.2 Å². The molecule has 0 spiro atoms. The molecule has 0 heterocycles. The predicted molar refractivity (Wildman–Crippen MR) is 81.8 cm³/mol. The molecule has 0 aliphatic heterocycles. The minimum atomic E-state index is -0.412. The molecule has 0 aromatic heterocycles. The molecule has 1 aliphatic carbocycles. The van der Waals surface area contributed by atoms with E-state index in [1.165, 1.54) is 5.56 Å². The monoisotopic (exact) mass is 314 g/mol. The van der Waals surface area contributed by atoms with Crippen LogP contribution in [0.3, 0.4) is 0 Å². The molecule has 2 aromatic carbocycles. The summed E-state index contributed by atoms with van der Waals surface area (Å²) in [5.74, 6) is 0.149. The maximum absolute atomic E-state index is 10.5. The first-order valence-corrected chi connectivity index (χ1v) is 7.23. The summed E-state index contributed by atoms with van der Waals surface area (Å²) in [4.78, 5) is 0. The van der Waals surface area contributed by atoms with Crippen LogP contribution in [0.5, 0.6) is 0 Å². The van der Waals surface area contributed by atoms with Crippen LogP contribution in [0, 0.1) is 5.92 Å². The molecule has 0 radical (unpaired) electrons. The van der Waals surface area contributed by atoms with Crippen molar-refractivity contribution in [2.75, 3.05) is 0 Å². The molecule has 2 aromatic rings. The highest BCUT2D eigenvalue weighted by molar-refractivity contribution is 9.10. The standard InChI is InChI=1S/C17H15BrO/c18-15-9-5-12(6-10-15)11-14-8-7-13-3-1-2-4-16(13)17(14)19/h1-10,14,17,19H,11H2/t14-,17+/m1/s1. The predicted octanol–water partition coefficient (Wildman–Crippen LogP) is 4.37. The maximum atomic E-state index is 10.5. The Morgan fingerprint density at radius 2 is 1.74 bits per heavy atom. The first kappa shape index (κ1) is 12.6. The highest BCUT2D eigenvalue weighted by Crippen LogP contribution is 2.34. The molecule has 1 N–H and O–H groups in total. The van der Waals surface area contributed by atoms with Gasteiger partial charge in [0, 0.05) is 10.4 Å². The van der Waals surface area contributed by atoms with Gasteiger partial charge in [-0.25, -0.2) is 0 Å². The fraction of sp³-hybridized carbons (Fsp3) is 0.176. The fourth-order valence-corrected chi connectivity index (χ4v) is 2.83. The largest absolute Gasteiger partial charge is 0.388 e. The number of aliphatic hydroxyl groups excluding tert-OH is 1. The second kappa shape index (κ2) is 5.32. The summed E-state index contributed by atoms with van der Waals surface area (Å²) in [5, 5.41) is 10.5. The lowest BCUT2D eigenvalue weighted by atomic mass is 9.83. The average molecular weight is 315 g/mol. The zero-order chi connectivity index (χ0) is 13.2. The first-order valence-electron chi connectivity index (χ1n) is 6.44. The lowest BCUT2D eigenvalue weighted by Crippen LogP contribution is -2.17. The molecular formula is C17H15BrO. The van der Waals surface area contributed by atoms with Gasteiger partial charge in [-0.15, -0.1) is 0 Å². The van der Waals surface area contributed by atoms with E-state index in [9.17, 15) is 5.11 Å². The van der Waals surface area contributed by atoms with Gasteiger partial charge in [-0.2, -0.15) is 0 Å². The Bertz CT molecular complexity index is 601. The van der Waals surface area contributed by atoms with Gasteiger partial charge in [-0.1, -0.05) is 64.5 Å². The van der Waals surface area contributed by atoms with E-state index < -0.39 is 6.10 Å². The van der Waals surface area contributed by atoms with Crippen LogP contribution in [0.1, 0.15) is 22.8 Å². The summed E-state index contributed by atoms with van der Waals surface area (Å²) in [6.45, 7) is 0. The van der Waals surface area contributed by atoms with Crippen molar-refractivity contribution in [2.45, 2.75) is 12.5 Å². The Kier molecular flexibility index (Phi) is 3.54. The molecule has 0 unspecified atom stereocenters. The number of hydrogen-bond acceptors (Lipinski definition) is 1. The van der Waals surface area contributed by atoms with Crippen LogP contribution in [-0.2, 0) is 6.42 Å². The first-order chi connectivity index (χ1) is 9.24. The van der Waals surface area contributed by atoms with Crippen molar-refractivity contribution >= 4 is 22.0 Å². The summed E-state index contributed by atoms with van der Waals surface area (Å²) >= 11 is 3.44. The average Bonchev–Trinajstić information content (AvgIpc) is 2.45. The van der Waals surface area contributed by atoms with Crippen molar-refractivity contribution in [2.24, 2.45) is 5.92 Å². The quantitative estimate of drug-likeness (QED) is 0.872. The maximum Gasteiger partial charge on any atom is 0.0861 e. The van der Waals surface area contributed by atoms with E-state index >= 15 is 0 Å². The van der Waals surface area contributed by atoms with E-state index in [-0.39, 0.29) is 5.92 Å². The lowest BCUT2D eigenvalue weighted by molar-refractivity contribution is 0.130. The molecule has 2 atom stereocenters. The highest BCUT2D eigenvalue weighted by atomic mass is 79.9. The van der Waals surface area contributed by atoms with Crippen molar-refractivity contribution in [1.82, 2.24) is 0 Å². The van der Waals surface area contributed by atoms with Crippen molar-refractivity contribution in [3.63, 3.8) is 0 Å². The molecule has 0 fully saturated rings. The van der Waals surface area contributed by atoms with Crippen LogP contribution in [0.2, 0.25) is 0 Å². The van der Waals surface area contributed by atoms with Crippen LogP contribution < -0.4 is 0 Å². The fourth-order valence-electron chi connectivity index (χ4n) is 2.57. The summed E-state index contributed by atoms with van der Waals surface area (Å²) in [7, 11) is 0. The van der Waals surface area contributed by atoms with E-state index in [1.807, 2.05) is 36.4 Å². The Hall–Kier alpha value is -1.38. The minimum absolute atomic E-state index is 0.149. The summed E-state index contributed by atoms with van der Waals surface area (Å²) in [5.41, 5.74) is 3.41. The van der Waals surface area contributed by atoms with Gasteiger partial charge in [-0.3, -0.25) is 0 Å². The molecule has 0 bridgehead atoms. The van der Waals surface area contributed by atoms with Crippen LogP contribution >= 0.6 is 15.9 Å². The highest BCUT2D eigenvalue weighted by Gasteiger charge is 2.23. The Morgan fingerprint density at radius 3 is 2.53 bits per heavy atom.